The van der Waals surface area contributed by atoms with E-state index in [9.17, 15) is 13.5 Å². The van der Waals surface area contributed by atoms with Gasteiger partial charge >= 0.3 is 0 Å². The van der Waals surface area contributed by atoms with E-state index in [1.807, 2.05) is 0 Å². The molecular weight excluding hydrogens is 224 g/mol. The lowest BCUT2D eigenvalue weighted by molar-refractivity contribution is 0.0765. The molecule has 94 valence electrons. The summed E-state index contributed by atoms with van der Waals surface area (Å²) >= 11 is 0. The first kappa shape index (κ1) is 12.4. The zero-order valence-corrected chi connectivity index (χ0v) is 10.6. The van der Waals surface area contributed by atoms with Crippen LogP contribution in [0.5, 0.6) is 0 Å². The van der Waals surface area contributed by atoms with Crippen molar-refractivity contribution in [2.75, 3.05) is 5.75 Å². The van der Waals surface area contributed by atoms with Gasteiger partial charge in [-0.2, -0.15) is 0 Å². The maximum absolute atomic E-state index is 11.9. The highest BCUT2D eigenvalue weighted by Gasteiger charge is 2.38. The summed E-state index contributed by atoms with van der Waals surface area (Å²) in [5, 5.41) is 9.79. The topological polar surface area (TPSA) is 54.4 Å². The van der Waals surface area contributed by atoms with Gasteiger partial charge in [0.1, 0.15) is 0 Å². The van der Waals surface area contributed by atoms with E-state index in [0.29, 0.717) is 6.42 Å². The molecule has 3 nitrogen and oxygen atoms in total. The Balaban J connectivity index is 2.04. The predicted molar refractivity (Wildman–Crippen MR) is 64.0 cm³/mol. The van der Waals surface area contributed by atoms with Crippen LogP contribution < -0.4 is 0 Å². The van der Waals surface area contributed by atoms with Gasteiger partial charge in [-0.3, -0.25) is 0 Å². The fourth-order valence-electron chi connectivity index (χ4n) is 3.14. The number of hydrogen-bond donors (Lipinski definition) is 1. The minimum absolute atomic E-state index is 0.228. The van der Waals surface area contributed by atoms with E-state index in [-0.39, 0.29) is 11.7 Å². The normalized spacial score (nSPS) is 33.4. The van der Waals surface area contributed by atoms with Crippen molar-refractivity contribution in [3.8, 4) is 0 Å². The molecule has 1 N–H and O–H groups in total. The number of aliphatic hydroxyl groups excluding tert-OH is 1. The Hall–Kier alpha value is -0.0900. The van der Waals surface area contributed by atoms with E-state index in [1.165, 1.54) is 6.42 Å². The van der Waals surface area contributed by atoms with Crippen LogP contribution in [0.4, 0.5) is 0 Å². The van der Waals surface area contributed by atoms with Gasteiger partial charge in [-0.05, 0) is 31.6 Å². The lowest BCUT2D eigenvalue weighted by atomic mass is 9.83. The van der Waals surface area contributed by atoms with Gasteiger partial charge in [0.25, 0.3) is 0 Å². The van der Waals surface area contributed by atoms with Crippen LogP contribution in [-0.4, -0.2) is 30.6 Å². The lowest BCUT2D eigenvalue weighted by Gasteiger charge is -2.33. The van der Waals surface area contributed by atoms with Crippen LogP contribution in [0.1, 0.15) is 51.4 Å². The molecule has 2 rings (SSSR count). The smallest absolute Gasteiger partial charge is 0.155 e. The summed E-state index contributed by atoms with van der Waals surface area (Å²) < 4.78 is 23.8. The number of aliphatic hydroxyl groups is 1. The summed E-state index contributed by atoms with van der Waals surface area (Å²) in [7, 11) is -3.02. The molecule has 1 saturated carbocycles. The Kier molecular flexibility index (Phi) is 3.90. The van der Waals surface area contributed by atoms with Crippen LogP contribution in [-0.2, 0) is 9.84 Å². The third kappa shape index (κ3) is 2.59. The average Bonchev–Trinajstić information content (AvgIpc) is 2.29. The van der Waals surface area contributed by atoms with Gasteiger partial charge in [-0.1, -0.05) is 25.7 Å². The highest BCUT2D eigenvalue weighted by molar-refractivity contribution is 7.92. The first-order chi connectivity index (χ1) is 7.61. The van der Waals surface area contributed by atoms with Crippen molar-refractivity contribution in [2.24, 2.45) is 5.92 Å². The van der Waals surface area contributed by atoms with Gasteiger partial charge in [0.05, 0.1) is 17.1 Å². The maximum Gasteiger partial charge on any atom is 0.155 e. The Morgan fingerprint density at radius 3 is 2.19 bits per heavy atom. The number of sulfone groups is 1. The molecule has 0 bridgehead atoms. The molecule has 2 aliphatic rings. The molecule has 2 atom stereocenters. The molecule has 0 amide bonds. The first-order valence-corrected chi connectivity index (χ1v) is 8.22. The standard InChI is InChI=1S/C12H22O3S/c13-12(10-6-2-1-3-7-10)11-8-4-5-9-16(11,14)15/h10-13H,1-9H2. The zero-order valence-electron chi connectivity index (χ0n) is 9.77. The minimum Gasteiger partial charge on any atom is -0.391 e. The molecule has 2 fully saturated rings. The molecule has 1 aliphatic heterocycles. The second kappa shape index (κ2) is 5.05. The monoisotopic (exact) mass is 246 g/mol. The SMILES string of the molecule is O=S1(=O)CCCCC1C(O)C1CCCCC1. The third-order valence-corrected chi connectivity index (χ3v) is 6.44. The number of hydrogen-bond acceptors (Lipinski definition) is 3. The second-order valence-corrected chi connectivity index (χ2v) is 7.63. The van der Waals surface area contributed by atoms with E-state index in [2.05, 4.69) is 0 Å². The van der Waals surface area contributed by atoms with Crippen molar-refractivity contribution in [1.82, 2.24) is 0 Å². The Morgan fingerprint density at radius 2 is 1.56 bits per heavy atom. The summed E-state index contributed by atoms with van der Waals surface area (Å²) in [4.78, 5) is 0. The minimum atomic E-state index is -3.02. The molecule has 1 aliphatic carbocycles. The van der Waals surface area contributed by atoms with Crippen molar-refractivity contribution in [3.63, 3.8) is 0 Å². The van der Waals surface area contributed by atoms with Gasteiger partial charge in [-0.15, -0.1) is 0 Å². The number of rotatable bonds is 2. The summed E-state index contributed by atoms with van der Waals surface area (Å²) in [5.41, 5.74) is 0. The molecule has 1 saturated heterocycles. The molecule has 1 heterocycles. The van der Waals surface area contributed by atoms with Crippen molar-refractivity contribution in [2.45, 2.75) is 62.7 Å². The molecule has 0 radical (unpaired) electrons. The first-order valence-electron chi connectivity index (χ1n) is 6.51. The van der Waals surface area contributed by atoms with Crippen LogP contribution in [0.2, 0.25) is 0 Å². The molecule has 2 unspecified atom stereocenters. The fourth-order valence-corrected chi connectivity index (χ4v) is 5.22. The molecule has 0 aromatic carbocycles. The van der Waals surface area contributed by atoms with E-state index in [0.717, 1.165) is 38.5 Å². The molecule has 4 heteroatoms. The van der Waals surface area contributed by atoms with Crippen LogP contribution >= 0.6 is 0 Å². The fraction of sp³-hybridized carbons (Fsp3) is 1.00. The molecule has 0 aromatic rings. The Morgan fingerprint density at radius 1 is 0.938 bits per heavy atom. The largest absolute Gasteiger partial charge is 0.391 e. The van der Waals surface area contributed by atoms with E-state index >= 15 is 0 Å². The highest BCUT2D eigenvalue weighted by atomic mass is 32.2. The summed E-state index contributed by atoms with van der Waals surface area (Å²) in [6, 6.07) is 0. The molecule has 16 heavy (non-hydrogen) atoms. The van der Waals surface area contributed by atoms with E-state index in [4.69, 9.17) is 0 Å². The third-order valence-electron chi connectivity index (χ3n) is 4.14. The molecular formula is C12H22O3S. The average molecular weight is 246 g/mol. The van der Waals surface area contributed by atoms with E-state index in [1.54, 1.807) is 0 Å². The lowest BCUT2D eigenvalue weighted by Crippen LogP contribution is -2.43. The molecule has 0 aromatic heterocycles. The van der Waals surface area contributed by atoms with Gasteiger partial charge in [0.2, 0.25) is 0 Å². The highest BCUT2D eigenvalue weighted by Crippen LogP contribution is 2.33. The van der Waals surface area contributed by atoms with Gasteiger partial charge in [0, 0.05) is 0 Å². The van der Waals surface area contributed by atoms with Crippen molar-refractivity contribution >= 4 is 9.84 Å². The van der Waals surface area contributed by atoms with Crippen molar-refractivity contribution in [3.05, 3.63) is 0 Å². The van der Waals surface area contributed by atoms with Gasteiger partial charge in [-0.25, -0.2) is 8.42 Å². The molecule has 0 spiro atoms. The van der Waals surface area contributed by atoms with Crippen molar-refractivity contribution < 1.29 is 13.5 Å². The van der Waals surface area contributed by atoms with Gasteiger partial charge < -0.3 is 5.11 Å². The van der Waals surface area contributed by atoms with Crippen LogP contribution in [0.25, 0.3) is 0 Å². The Labute approximate surface area is 98.2 Å². The summed E-state index contributed by atoms with van der Waals surface area (Å²) in [6.45, 7) is 0. The zero-order chi connectivity index (χ0) is 11.6. The van der Waals surface area contributed by atoms with Crippen LogP contribution in [0, 0.1) is 5.92 Å². The van der Waals surface area contributed by atoms with Crippen LogP contribution in [0.3, 0.4) is 0 Å². The predicted octanol–water partition coefficient (Wildman–Crippen LogP) is 1.89. The second-order valence-electron chi connectivity index (χ2n) is 5.29. The van der Waals surface area contributed by atoms with E-state index < -0.39 is 21.2 Å². The van der Waals surface area contributed by atoms with Crippen molar-refractivity contribution in [1.29, 1.82) is 0 Å². The summed E-state index contributed by atoms with van der Waals surface area (Å²) in [5.74, 6) is 0.508. The van der Waals surface area contributed by atoms with Gasteiger partial charge in [0.15, 0.2) is 9.84 Å². The maximum atomic E-state index is 11.9. The van der Waals surface area contributed by atoms with Crippen LogP contribution in [0.15, 0.2) is 0 Å². The Bertz CT molecular complexity index is 317. The quantitative estimate of drug-likeness (QED) is 0.809. The summed E-state index contributed by atoms with van der Waals surface area (Å²) in [6.07, 6.45) is 7.33.